The Morgan fingerprint density at radius 2 is 1.74 bits per heavy atom. The predicted molar refractivity (Wildman–Crippen MR) is 87.3 cm³/mol. The fourth-order valence-electron chi connectivity index (χ4n) is 2.14. The Morgan fingerprint density at radius 1 is 1.04 bits per heavy atom. The number of hydrogen-bond donors (Lipinski definition) is 0. The van der Waals surface area contributed by atoms with Gasteiger partial charge in [-0.25, -0.2) is 0 Å². The average Bonchev–Trinajstić information content (AvgIpc) is 2.54. The fourth-order valence-corrected chi connectivity index (χ4v) is 2.52. The van der Waals surface area contributed by atoms with E-state index in [2.05, 4.69) is 15.9 Å². The highest BCUT2D eigenvalue weighted by atomic mass is 79.9. The summed E-state index contributed by atoms with van der Waals surface area (Å²) >= 11 is 3.27. The lowest BCUT2D eigenvalue weighted by Crippen LogP contribution is -2.34. The molecule has 2 rings (SSSR count). The van der Waals surface area contributed by atoms with E-state index >= 15 is 0 Å². The summed E-state index contributed by atoms with van der Waals surface area (Å²) in [5.74, 6) is -2.23. The fraction of sp³-hybridized carbons (Fsp3) is 0.294. The Balaban J connectivity index is 2.10. The first kappa shape index (κ1) is 17.7. The van der Waals surface area contributed by atoms with Gasteiger partial charge in [0.15, 0.2) is 6.61 Å². The molecule has 0 aliphatic rings. The van der Waals surface area contributed by atoms with Crippen LogP contribution in [-0.4, -0.2) is 26.7 Å². The van der Waals surface area contributed by atoms with Crippen LogP contribution < -0.4 is 9.47 Å². The molecule has 1 unspecified atom stereocenters. The summed E-state index contributed by atoms with van der Waals surface area (Å²) in [6, 6.07) is 13.1. The Labute approximate surface area is 142 Å². The van der Waals surface area contributed by atoms with Gasteiger partial charge in [0.2, 0.25) is 0 Å². The first-order valence-corrected chi connectivity index (χ1v) is 7.68. The summed E-state index contributed by atoms with van der Waals surface area (Å²) in [6.07, 6.45) is -1.40. The largest absolute Gasteiger partial charge is 0.497 e. The Hall–Kier alpha value is -1.66. The number of hydrogen-bond acceptors (Lipinski definition) is 3. The molecule has 2 aromatic rings. The lowest BCUT2D eigenvalue weighted by molar-refractivity contribution is -0.146. The highest BCUT2D eigenvalue weighted by molar-refractivity contribution is 9.10. The van der Waals surface area contributed by atoms with Crippen molar-refractivity contribution in [2.24, 2.45) is 0 Å². The van der Waals surface area contributed by atoms with E-state index in [9.17, 15) is 8.78 Å². The van der Waals surface area contributed by atoms with E-state index in [1.54, 1.807) is 48.5 Å². The highest BCUT2D eigenvalue weighted by Crippen LogP contribution is 2.35. The number of rotatable bonds is 7. The minimum absolute atomic E-state index is 0.358. The number of halogens is 3. The van der Waals surface area contributed by atoms with Crippen molar-refractivity contribution in [1.29, 1.82) is 0 Å². The van der Waals surface area contributed by atoms with E-state index in [-0.39, 0.29) is 0 Å². The molecule has 0 N–H and O–H groups in total. The molecule has 23 heavy (non-hydrogen) atoms. The first-order chi connectivity index (χ1) is 11.0. The van der Waals surface area contributed by atoms with Crippen molar-refractivity contribution in [2.75, 3.05) is 20.8 Å². The summed E-state index contributed by atoms with van der Waals surface area (Å²) < 4.78 is 44.9. The van der Waals surface area contributed by atoms with Gasteiger partial charge in [0.1, 0.15) is 17.6 Å². The van der Waals surface area contributed by atoms with E-state index in [1.807, 2.05) is 0 Å². The molecule has 0 amide bonds. The van der Waals surface area contributed by atoms with Crippen LogP contribution in [0.4, 0.5) is 8.78 Å². The SMILES string of the molecule is COc1ccc(C(OC)C(F)(F)COc2cccc(Br)c2)cc1. The van der Waals surface area contributed by atoms with E-state index in [0.717, 1.165) is 4.47 Å². The lowest BCUT2D eigenvalue weighted by atomic mass is 10.0. The molecule has 0 fully saturated rings. The Morgan fingerprint density at radius 3 is 2.30 bits per heavy atom. The zero-order valence-corrected chi connectivity index (χ0v) is 14.3. The van der Waals surface area contributed by atoms with Gasteiger partial charge in [-0.05, 0) is 35.9 Å². The van der Waals surface area contributed by atoms with E-state index in [0.29, 0.717) is 17.1 Å². The zero-order valence-electron chi connectivity index (χ0n) is 12.8. The van der Waals surface area contributed by atoms with Crippen LogP contribution in [0.2, 0.25) is 0 Å². The molecule has 0 heterocycles. The summed E-state index contributed by atoms with van der Waals surface area (Å²) in [5.41, 5.74) is 0.358. The Kier molecular flexibility index (Phi) is 5.96. The van der Waals surface area contributed by atoms with Gasteiger partial charge in [-0.3, -0.25) is 0 Å². The van der Waals surface area contributed by atoms with Crippen molar-refractivity contribution in [3.8, 4) is 11.5 Å². The molecule has 0 bridgehead atoms. The van der Waals surface area contributed by atoms with Crippen LogP contribution in [0.5, 0.6) is 11.5 Å². The minimum Gasteiger partial charge on any atom is -0.497 e. The van der Waals surface area contributed by atoms with Gasteiger partial charge in [-0.1, -0.05) is 34.1 Å². The molecule has 0 radical (unpaired) electrons. The topological polar surface area (TPSA) is 27.7 Å². The molecular weight excluding hydrogens is 370 g/mol. The van der Waals surface area contributed by atoms with Gasteiger partial charge < -0.3 is 14.2 Å². The Bertz CT molecular complexity index is 632. The third kappa shape index (κ3) is 4.65. The van der Waals surface area contributed by atoms with Gasteiger partial charge in [0.05, 0.1) is 7.11 Å². The lowest BCUT2D eigenvalue weighted by Gasteiger charge is -2.26. The summed E-state index contributed by atoms with van der Waals surface area (Å²) in [7, 11) is 2.77. The van der Waals surface area contributed by atoms with E-state index in [1.165, 1.54) is 14.2 Å². The quantitative estimate of drug-likeness (QED) is 0.679. The van der Waals surface area contributed by atoms with E-state index in [4.69, 9.17) is 14.2 Å². The number of methoxy groups -OCH3 is 2. The minimum atomic E-state index is -3.19. The van der Waals surface area contributed by atoms with Crippen LogP contribution in [0, 0.1) is 0 Å². The van der Waals surface area contributed by atoms with Crippen LogP contribution in [0.3, 0.4) is 0 Å². The van der Waals surface area contributed by atoms with Gasteiger partial charge in [0, 0.05) is 11.6 Å². The molecule has 0 spiro atoms. The van der Waals surface area contributed by atoms with Crippen LogP contribution in [-0.2, 0) is 4.74 Å². The van der Waals surface area contributed by atoms with Crippen LogP contribution in [0.1, 0.15) is 11.7 Å². The van der Waals surface area contributed by atoms with Gasteiger partial charge >= 0.3 is 5.92 Å². The second-order valence-electron chi connectivity index (χ2n) is 4.90. The monoisotopic (exact) mass is 386 g/mol. The maximum Gasteiger partial charge on any atom is 0.310 e. The number of benzene rings is 2. The molecule has 0 aliphatic carbocycles. The average molecular weight is 387 g/mol. The molecule has 0 aliphatic heterocycles. The summed E-state index contributed by atoms with van der Waals surface area (Å²) in [5, 5.41) is 0. The third-order valence-electron chi connectivity index (χ3n) is 3.27. The predicted octanol–water partition coefficient (Wildman–Crippen LogP) is 4.86. The van der Waals surface area contributed by atoms with Crippen molar-refractivity contribution in [2.45, 2.75) is 12.0 Å². The van der Waals surface area contributed by atoms with Gasteiger partial charge in [-0.2, -0.15) is 8.78 Å². The zero-order chi connectivity index (χ0) is 16.9. The summed E-state index contributed by atoms with van der Waals surface area (Å²) in [6.45, 7) is -0.784. The first-order valence-electron chi connectivity index (χ1n) is 6.89. The van der Waals surface area contributed by atoms with Crippen LogP contribution in [0.15, 0.2) is 53.0 Å². The molecule has 124 valence electrons. The van der Waals surface area contributed by atoms with Crippen molar-refractivity contribution < 1.29 is 23.0 Å². The molecular formula is C17H17BrF2O3. The second kappa shape index (κ2) is 7.75. The normalized spacial score (nSPS) is 12.7. The maximum absolute atomic E-state index is 14.4. The summed E-state index contributed by atoms with van der Waals surface area (Å²) in [4.78, 5) is 0. The van der Waals surface area contributed by atoms with Gasteiger partial charge in [-0.15, -0.1) is 0 Å². The number of ether oxygens (including phenoxy) is 3. The molecule has 2 aromatic carbocycles. The van der Waals surface area contributed by atoms with Crippen molar-refractivity contribution >= 4 is 15.9 Å². The standard InChI is InChI=1S/C17H17BrF2O3/c1-21-14-8-6-12(7-9-14)16(22-2)17(19,20)11-23-15-5-3-4-13(18)10-15/h3-10,16H,11H2,1-2H3. The van der Waals surface area contributed by atoms with E-state index < -0.39 is 18.6 Å². The maximum atomic E-state index is 14.4. The number of alkyl halides is 2. The molecule has 0 aromatic heterocycles. The van der Waals surface area contributed by atoms with Crippen molar-refractivity contribution in [3.05, 3.63) is 58.6 Å². The molecule has 6 heteroatoms. The van der Waals surface area contributed by atoms with Crippen molar-refractivity contribution in [3.63, 3.8) is 0 Å². The van der Waals surface area contributed by atoms with Crippen LogP contribution in [0.25, 0.3) is 0 Å². The van der Waals surface area contributed by atoms with Gasteiger partial charge in [0.25, 0.3) is 0 Å². The molecule has 3 nitrogen and oxygen atoms in total. The second-order valence-corrected chi connectivity index (χ2v) is 5.81. The molecule has 0 saturated carbocycles. The smallest absolute Gasteiger partial charge is 0.310 e. The molecule has 1 atom stereocenters. The highest BCUT2D eigenvalue weighted by Gasteiger charge is 2.42. The molecule has 0 saturated heterocycles. The van der Waals surface area contributed by atoms with Crippen molar-refractivity contribution in [1.82, 2.24) is 0 Å². The van der Waals surface area contributed by atoms with Crippen LogP contribution >= 0.6 is 15.9 Å². The third-order valence-corrected chi connectivity index (χ3v) is 3.76.